The summed E-state index contributed by atoms with van der Waals surface area (Å²) in [4.78, 5) is 8.35. The van der Waals surface area contributed by atoms with E-state index in [2.05, 4.69) is 16.9 Å². The molecule has 0 saturated heterocycles. The Hall–Kier alpha value is -1.09. The van der Waals surface area contributed by atoms with E-state index in [0.717, 1.165) is 17.7 Å². The fraction of sp³-hybridized carbons (Fsp3) is 0.250. The molecule has 0 bridgehead atoms. The van der Waals surface area contributed by atoms with Crippen LogP contribution in [0, 0.1) is 0 Å². The first-order valence-corrected chi connectivity index (χ1v) is 4.15. The summed E-state index contributed by atoms with van der Waals surface area (Å²) in [5.74, 6) is 0. The Morgan fingerprint density at radius 1 is 1.50 bits per heavy atom. The van der Waals surface area contributed by atoms with E-state index in [1.54, 1.807) is 12.5 Å². The largest absolute Gasteiger partial charge is 0.316 e. The molecule has 0 saturated carbocycles. The second kappa shape index (κ2) is 2.75. The van der Waals surface area contributed by atoms with Gasteiger partial charge in [-0.3, -0.25) is 0 Å². The smallest absolute Gasteiger partial charge is 0.159 e. The number of halogens is 1. The first-order valence-electron chi connectivity index (χ1n) is 3.77. The van der Waals surface area contributed by atoms with Crippen molar-refractivity contribution >= 4 is 22.8 Å². The Bertz CT molecular complexity index is 408. The molecule has 0 amide bonds. The summed E-state index contributed by atoms with van der Waals surface area (Å²) in [7, 11) is 0. The highest BCUT2D eigenvalue weighted by Gasteiger charge is 2.01. The molecule has 0 atom stereocenters. The summed E-state index contributed by atoms with van der Waals surface area (Å²) >= 11 is 5.76. The summed E-state index contributed by atoms with van der Waals surface area (Å²) in [6, 6.07) is 1.82. The van der Waals surface area contributed by atoms with Crippen molar-refractivity contribution in [1.82, 2.24) is 14.5 Å². The predicted molar refractivity (Wildman–Crippen MR) is 48.2 cm³/mol. The predicted octanol–water partition coefficient (Wildman–Crippen LogP) is 2.10. The van der Waals surface area contributed by atoms with Crippen LogP contribution in [0.4, 0.5) is 0 Å². The van der Waals surface area contributed by atoms with Gasteiger partial charge in [-0.05, 0) is 13.0 Å². The van der Waals surface area contributed by atoms with Gasteiger partial charge in [-0.1, -0.05) is 11.6 Å². The van der Waals surface area contributed by atoms with E-state index in [9.17, 15) is 0 Å². The molecular formula is C8H8ClN3. The average molecular weight is 182 g/mol. The van der Waals surface area contributed by atoms with Gasteiger partial charge in [-0.25, -0.2) is 9.97 Å². The minimum Gasteiger partial charge on any atom is -0.316 e. The molecule has 2 rings (SSSR count). The lowest BCUT2D eigenvalue weighted by Crippen LogP contribution is -1.92. The van der Waals surface area contributed by atoms with Gasteiger partial charge < -0.3 is 4.57 Å². The monoisotopic (exact) mass is 181 g/mol. The maximum absolute atomic E-state index is 5.76. The van der Waals surface area contributed by atoms with Crippen LogP contribution in [0.2, 0.25) is 5.02 Å². The number of imidazole rings is 1. The van der Waals surface area contributed by atoms with Crippen molar-refractivity contribution in [3.8, 4) is 0 Å². The van der Waals surface area contributed by atoms with E-state index in [1.165, 1.54) is 0 Å². The quantitative estimate of drug-likeness (QED) is 0.675. The lowest BCUT2D eigenvalue weighted by atomic mass is 10.4. The van der Waals surface area contributed by atoms with Gasteiger partial charge in [-0.2, -0.15) is 0 Å². The molecule has 12 heavy (non-hydrogen) atoms. The van der Waals surface area contributed by atoms with E-state index in [-0.39, 0.29) is 0 Å². The maximum Gasteiger partial charge on any atom is 0.159 e. The highest BCUT2D eigenvalue weighted by atomic mass is 35.5. The number of hydrogen-bond donors (Lipinski definition) is 0. The molecule has 2 heterocycles. The second-order valence-electron chi connectivity index (χ2n) is 2.53. The van der Waals surface area contributed by atoms with Crippen molar-refractivity contribution in [2.45, 2.75) is 13.5 Å². The SMILES string of the molecule is CCn1cnc2cc(Cl)cnc21. The molecule has 0 spiro atoms. The zero-order valence-electron chi connectivity index (χ0n) is 6.66. The molecule has 0 aliphatic carbocycles. The summed E-state index contributed by atoms with van der Waals surface area (Å²) in [5, 5.41) is 0.629. The van der Waals surface area contributed by atoms with Gasteiger partial charge in [0.15, 0.2) is 5.65 Å². The molecule has 0 unspecified atom stereocenters. The van der Waals surface area contributed by atoms with Gasteiger partial charge in [0.05, 0.1) is 11.3 Å². The number of aryl methyl sites for hydroxylation is 1. The van der Waals surface area contributed by atoms with E-state index < -0.39 is 0 Å². The zero-order chi connectivity index (χ0) is 8.55. The lowest BCUT2D eigenvalue weighted by Gasteiger charge is -1.96. The molecule has 0 aliphatic rings. The summed E-state index contributed by atoms with van der Waals surface area (Å²) in [6.45, 7) is 2.93. The van der Waals surface area contributed by atoms with Crippen molar-refractivity contribution in [2.75, 3.05) is 0 Å². The van der Waals surface area contributed by atoms with Crippen LogP contribution in [-0.4, -0.2) is 14.5 Å². The van der Waals surface area contributed by atoms with Crippen LogP contribution in [-0.2, 0) is 6.54 Å². The van der Waals surface area contributed by atoms with Crippen molar-refractivity contribution in [3.05, 3.63) is 23.6 Å². The highest BCUT2D eigenvalue weighted by Crippen LogP contribution is 2.14. The molecule has 0 aromatic carbocycles. The van der Waals surface area contributed by atoms with Crippen LogP contribution >= 0.6 is 11.6 Å². The molecule has 0 N–H and O–H groups in total. The normalized spacial score (nSPS) is 10.8. The molecule has 0 radical (unpaired) electrons. The number of nitrogens with zero attached hydrogens (tertiary/aromatic N) is 3. The minimum absolute atomic E-state index is 0.629. The number of aromatic nitrogens is 3. The Morgan fingerprint density at radius 2 is 2.33 bits per heavy atom. The van der Waals surface area contributed by atoms with Crippen LogP contribution < -0.4 is 0 Å². The van der Waals surface area contributed by atoms with Gasteiger partial charge in [0.25, 0.3) is 0 Å². The molecule has 3 nitrogen and oxygen atoms in total. The Morgan fingerprint density at radius 3 is 3.08 bits per heavy atom. The molecule has 62 valence electrons. The van der Waals surface area contributed by atoms with Gasteiger partial charge >= 0.3 is 0 Å². The third-order valence-electron chi connectivity index (χ3n) is 1.76. The van der Waals surface area contributed by atoms with Crippen LogP contribution in [0.15, 0.2) is 18.6 Å². The Labute approximate surface area is 75.0 Å². The van der Waals surface area contributed by atoms with Crippen molar-refractivity contribution in [3.63, 3.8) is 0 Å². The van der Waals surface area contributed by atoms with E-state index in [0.29, 0.717) is 5.02 Å². The van der Waals surface area contributed by atoms with Gasteiger partial charge in [0.2, 0.25) is 0 Å². The van der Waals surface area contributed by atoms with Crippen molar-refractivity contribution in [2.24, 2.45) is 0 Å². The number of pyridine rings is 1. The van der Waals surface area contributed by atoms with Gasteiger partial charge in [0.1, 0.15) is 5.52 Å². The highest BCUT2D eigenvalue weighted by molar-refractivity contribution is 6.30. The Kier molecular flexibility index (Phi) is 1.73. The summed E-state index contributed by atoms with van der Waals surface area (Å²) in [5.41, 5.74) is 1.74. The minimum atomic E-state index is 0.629. The summed E-state index contributed by atoms with van der Waals surface area (Å²) in [6.07, 6.45) is 3.41. The van der Waals surface area contributed by atoms with Gasteiger partial charge in [-0.15, -0.1) is 0 Å². The zero-order valence-corrected chi connectivity index (χ0v) is 7.41. The Balaban J connectivity index is 2.73. The topological polar surface area (TPSA) is 30.7 Å². The van der Waals surface area contributed by atoms with E-state index in [1.807, 2.05) is 10.6 Å². The molecule has 0 fully saturated rings. The number of fused-ring (bicyclic) bond motifs is 1. The van der Waals surface area contributed by atoms with Crippen LogP contribution in [0.3, 0.4) is 0 Å². The standard InChI is InChI=1S/C8H8ClN3/c1-2-12-5-11-7-3-6(9)4-10-8(7)12/h3-5H,2H2,1H3. The number of rotatable bonds is 1. The average Bonchev–Trinajstić information content (AvgIpc) is 2.46. The van der Waals surface area contributed by atoms with E-state index in [4.69, 9.17) is 11.6 Å². The molecule has 0 aliphatic heterocycles. The van der Waals surface area contributed by atoms with Crippen LogP contribution in [0.25, 0.3) is 11.2 Å². The number of hydrogen-bond acceptors (Lipinski definition) is 2. The van der Waals surface area contributed by atoms with Crippen LogP contribution in [0.1, 0.15) is 6.92 Å². The third kappa shape index (κ3) is 1.06. The molecule has 4 heteroatoms. The van der Waals surface area contributed by atoms with Crippen LogP contribution in [0.5, 0.6) is 0 Å². The molecule has 2 aromatic rings. The maximum atomic E-state index is 5.76. The second-order valence-corrected chi connectivity index (χ2v) is 2.96. The van der Waals surface area contributed by atoms with Crippen molar-refractivity contribution < 1.29 is 0 Å². The fourth-order valence-electron chi connectivity index (χ4n) is 1.16. The van der Waals surface area contributed by atoms with Crippen molar-refractivity contribution in [1.29, 1.82) is 0 Å². The first kappa shape index (κ1) is 7.55. The molecular weight excluding hydrogens is 174 g/mol. The third-order valence-corrected chi connectivity index (χ3v) is 1.97. The van der Waals surface area contributed by atoms with Gasteiger partial charge in [0, 0.05) is 12.7 Å². The fourth-order valence-corrected chi connectivity index (χ4v) is 1.31. The lowest BCUT2D eigenvalue weighted by molar-refractivity contribution is 0.778. The summed E-state index contributed by atoms with van der Waals surface area (Å²) < 4.78 is 1.98. The first-order chi connectivity index (χ1) is 5.81. The molecule has 2 aromatic heterocycles. The van der Waals surface area contributed by atoms with E-state index >= 15 is 0 Å².